The molecule has 0 aromatic carbocycles. The topological polar surface area (TPSA) is 56.0 Å². The van der Waals surface area contributed by atoms with Gasteiger partial charge in [0.2, 0.25) is 0 Å². The fourth-order valence-corrected chi connectivity index (χ4v) is 3.96. The molecule has 104 valence electrons. The predicted molar refractivity (Wildman–Crippen MR) is 85.0 cm³/mol. The van der Waals surface area contributed by atoms with E-state index in [2.05, 4.69) is 19.9 Å². The summed E-state index contributed by atoms with van der Waals surface area (Å²) in [6.07, 6.45) is 7.11. The smallest absolute Gasteiger partial charge is 0.153 e. The summed E-state index contributed by atoms with van der Waals surface area (Å²) in [5.41, 5.74) is 2.73. The first-order valence-electron chi connectivity index (χ1n) is 6.10. The van der Waals surface area contributed by atoms with Gasteiger partial charge < -0.3 is 4.40 Å². The lowest BCUT2D eigenvalue weighted by atomic mass is 10.5. The van der Waals surface area contributed by atoms with Gasteiger partial charge in [0.15, 0.2) is 4.34 Å². The van der Waals surface area contributed by atoms with Crippen molar-refractivity contribution in [1.29, 1.82) is 0 Å². The van der Waals surface area contributed by atoms with Gasteiger partial charge in [-0.25, -0.2) is 19.9 Å². The summed E-state index contributed by atoms with van der Waals surface area (Å²) >= 11 is 9.19. The van der Waals surface area contributed by atoms with Crippen molar-refractivity contribution in [3.05, 3.63) is 47.8 Å². The van der Waals surface area contributed by atoms with Crippen molar-refractivity contribution in [2.75, 3.05) is 0 Å². The molecule has 0 unspecified atom stereocenters. The minimum absolute atomic E-state index is 0.698. The van der Waals surface area contributed by atoms with Crippen molar-refractivity contribution < 1.29 is 0 Å². The number of thioether (sulfide) groups is 1. The zero-order chi connectivity index (χ0) is 14.2. The van der Waals surface area contributed by atoms with Crippen molar-refractivity contribution in [2.24, 2.45) is 0 Å². The average molecular weight is 334 g/mol. The summed E-state index contributed by atoms with van der Waals surface area (Å²) in [7, 11) is 0. The van der Waals surface area contributed by atoms with Crippen molar-refractivity contribution in [1.82, 2.24) is 24.3 Å². The first-order valence-corrected chi connectivity index (χ1v) is 8.28. The van der Waals surface area contributed by atoms with E-state index in [0.29, 0.717) is 5.02 Å². The molecule has 4 aromatic heterocycles. The summed E-state index contributed by atoms with van der Waals surface area (Å²) in [6.45, 7) is 0. The van der Waals surface area contributed by atoms with Crippen LogP contribution in [0.1, 0.15) is 5.69 Å². The number of pyridine rings is 1. The number of hydrogen-bond acceptors (Lipinski definition) is 6. The number of fused-ring (bicyclic) bond motifs is 2. The van der Waals surface area contributed by atoms with Crippen LogP contribution in [0.4, 0.5) is 0 Å². The van der Waals surface area contributed by atoms with E-state index in [1.54, 1.807) is 35.6 Å². The second kappa shape index (κ2) is 5.25. The van der Waals surface area contributed by atoms with Crippen LogP contribution in [-0.2, 0) is 5.75 Å². The van der Waals surface area contributed by atoms with Crippen LogP contribution < -0.4 is 0 Å². The van der Waals surface area contributed by atoms with Gasteiger partial charge in [-0.2, -0.15) is 0 Å². The molecule has 4 rings (SSSR count). The molecule has 0 saturated heterocycles. The second-order valence-corrected chi connectivity index (χ2v) is 6.96. The van der Waals surface area contributed by atoms with Gasteiger partial charge in [0, 0.05) is 18.1 Å². The number of aromatic nitrogens is 5. The lowest BCUT2D eigenvalue weighted by Crippen LogP contribution is -1.79. The largest absolute Gasteiger partial charge is 0.305 e. The molecule has 0 N–H and O–H groups in total. The normalized spacial score (nSPS) is 11.5. The minimum atomic E-state index is 0.698. The van der Waals surface area contributed by atoms with Gasteiger partial charge in [0.25, 0.3) is 0 Å². The molecule has 0 spiro atoms. The molecule has 4 heterocycles. The molecule has 0 atom stereocenters. The highest BCUT2D eigenvalue weighted by Crippen LogP contribution is 2.29. The highest BCUT2D eigenvalue weighted by atomic mass is 35.5. The molecule has 8 heteroatoms. The minimum Gasteiger partial charge on any atom is -0.305 e. The molecule has 0 bridgehead atoms. The Morgan fingerprint density at radius 2 is 2.19 bits per heavy atom. The number of thiazole rings is 1. The van der Waals surface area contributed by atoms with E-state index in [-0.39, 0.29) is 0 Å². The standard InChI is InChI=1S/C13H8ClN5S2/c14-8-1-2-11-17-9(5-19(11)4-8)6-20-13-18-10-3-15-7-16-12(10)21-13/h1-5,7H,6H2. The maximum atomic E-state index is 5.97. The van der Waals surface area contributed by atoms with Crippen LogP contribution in [-0.4, -0.2) is 24.3 Å². The molecular formula is C13H8ClN5S2. The van der Waals surface area contributed by atoms with E-state index in [1.807, 2.05) is 28.9 Å². The molecule has 0 fully saturated rings. The van der Waals surface area contributed by atoms with Gasteiger partial charge in [0.1, 0.15) is 22.3 Å². The van der Waals surface area contributed by atoms with Crippen molar-refractivity contribution in [2.45, 2.75) is 10.1 Å². The van der Waals surface area contributed by atoms with Gasteiger partial charge in [-0.15, -0.1) is 0 Å². The SMILES string of the molecule is Clc1ccc2nc(CSc3nc4cncnc4s3)cn2c1. The van der Waals surface area contributed by atoms with Crippen LogP contribution in [0, 0.1) is 0 Å². The van der Waals surface area contributed by atoms with Crippen LogP contribution in [0.3, 0.4) is 0 Å². The summed E-state index contributed by atoms with van der Waals surface area (Å²) in [6, 6.07) is 3.75. The Balaban J connectivity index is 1.57. The van der Waals surface area contributed by atoms with E-state index in [1.165, 1.54) is 0 Å². The Bertz CT molecular complexity index is 900. The van der Waals surface area contributed by atoms with Crippen LogP contribution in [0.25, 0.3) is 16.0 Å². The van der Waals surface area contributed by atoms with Gasteiger partial charge in [-0.3, -0.25) is 0 Å². The van der Waals surface area contributed by atoms with Crippen LogP contribution in [0.5, 0.6) is 0 Å². The number of imidazole rings is 1. The number of nitrogens with zero attached hydrogens (tertiary/aromatic N) is 5. The first-order chi connectivity index (χ1) is 10.3. The monoisotopic (exact) mass is 333 g/mol. The number of halogens is 1. The van der Waals surface area contributed by atoms with Gasteiger partial charge >= 0.3 is 0 Å². The molecule has 0 saturated carbocycles. The average Bonchev–Trinajstić information content (AvgIpc) is 3.07. The molecule has 21 heavy (non-hydrogen) atoms. The maximum absolute atomic E-state index is 5.97. The highest BCUT2D eigenvalue weighted by molar-refractivity contribution is 8.00. The summed E-state index contributed by atoms with van der Waals surface area (Å²) in [5.74, 6) is 0.756. The molecule has 0 aliphatic rings. The molecule has 0 aliphatic heterocycles. The van der Waals surface area contributed by atoms with E-state index in [9.17, 15) is 0 Å². The lowest BCUT2D eigenvalue weighted by Gasteiger charge is -1.91. The fourth-order valence-electron chi connectivity index (χ4n) is 1.95. The third-order valence-electron chi connectivity index (χ3n) is 2.86. The van der Waals surface area contributed by atoms with E-state index in [4.69, 9.17) is 11.6 Å². The molecule has 0 radical (unpaired) electrons. The molecular weight excluding hydrogens is 326 g/mol. The van der Waals surface area contributed by atoms with Crippen molar-refractivity contribution in [3.8, 4) is 0 Å². The molecule has 0 aliphatic carbocycles. The molecule has 0 amide bonds. The van der Waals surface area contributed by atoms with Crippen LogP contribution >= 0.6 is 34.7 Å². The van der Waals surface area contributed by atoms with Crippen molar-refractivity contribution >= 4 is 50.7 Å². The Kier molecular flexibility index (Phi) is 3.25. The summed E-state index contributed by atoms with van der Waals surface area (Å²) < 4.78 is 2.91. The van der Waals surface area contributed by atoms with E-state index >= 15 is 0 Å². The molecule has 5 nitrogen and oxygen atoms in total. The van der Waals surface area contributed by atoms with Gasteiger partial charge in [-0.1, -0.05) is 34.7 Å². The third kappa shape index (κ3) is 2.59. The lowest BCUT2D eigenvalue weighted by molar-refractivity contribution is 1.18. The first kappa shape index (κ1) is 13.0. The maximum Gasteiger partial charge on any atom is 0.153 e. The Morgan fingerprint density at radius 1 is 1.24 bits per heavy atom. The fraction of sp³-hybridized carbons (Fsp3) is 0.0769. The zero-order valence-electron chi connectivity index (χ0n) is 10.6. The van der Waals surface area contributed by atoms with E-state index in [0.717, 1.165) is 31.8 Å². The highest BCUT2D eigenvalue weighted by Gasteiger charge is 2.08. The van der Waals surface area contributed by atoms with E-state index < -0.39 is 0 Å². The quantitative estimate of drug-likeness (QED) is 0.535. The summed E-state index contributed by atoms with van der Waals surface area (Å²) in [5, 5.41) is 0.698. The second-order valence-electron chi connectivity index (χ2n) is 4.33. The van der Waals surface area contributed by atoms with Crippen molar-refractivity contribution in [3.63, 3.8) is 0 Å². The Hall–Kier alpha value is -1.70. The zero-order valence-corrected chi connectivity index (χ0v) is 13.0. The van der Waals surface area contributed by atoms with Crippen LogP contribution in [0.2, 0.25) is 5.02 Å². The van der Waals surface area contributed by atoms with Gasteiger partial charge in [-0.05, 0) is 12.1 Å². The molecule has 4 aromatic rings. The van der Waals surface area contributed by atoms with Crippen LogP contribution in [0.15, 0.2) is 41.4 Å². The number of rotatable bonds is 3. The number of hydrogen-bond donors (Lipinski definition) is 0. The Labute approximate surface area is 133 Å². The van der Waals surface area contributed by atoms with Gasteiger partial charge in [0.05, 0.1) is 16.9 Å². The third-order valence-corrected chi connectivity index (χ3v) is 5.24. The Morgan fingerprint density at radius 3 is 3.10 bits per heavy atom. The predicted octanol–water partition coefficient (Wildman–Crippen LogP) is 3.68. The summed E-state index contributed by atoms with van der Waals surface area (Å²) in [4.78, 5) is 18.1.